The molecule has 0 aromatic carbocycles. The third-order valence-corrected chi connectivity index (χ3v) is 1.98. The second-order valence-corrected chi connectivity index (χ2v) is 3.10. The van der Waals surface area contributed by atoms with E-state index in [1.54, 1.807) is 0 Å². The molecule has 0 bridgehead atoms. The number of halogens is 7. The second-order valence-electron chi connectivity index (χ2n) is 3.10. The summed E-state index contributed by atoms with van der Waals surface area (Å²) in [5, 5.41) is 0. The molecule has 0 N–H and O–H groups in total. The van der Waals surface area contributed by atoms with Crippen LogP contribution in [-0.4, -0.2) is 24.6 Å². The summed E-state index contributed by atoms with van der Waals surface area (Å²) in [6.07, 6.45) is -6.52. The van der Waals surface area contributed by atoms with Crippen molar-refractivity contribution in [1.82, 2.24) is 0 Å². The van der Waals surface area contributed by atoms with Crippen molar-refractivity contribution in [2.75, 3.05) is 6.61 Å². The summed E-state index contributed by atoms with van der Waals surface area (Å²) in [7, 11) is 2.79. The zero-order valence-corrected chi connectivity index (χ0v) is 8.75. The van der Waals surface area contributed by atoms with Gasteiger partial charge in [-0.05, 0) is 6.42 Å². The summed E-state index contributed by atoms with van der Waals surface area (Å²) >= 11 is 0. The maximum absolute atomic E-state index is 13.1. The molecule has 1 nitrogen and oxygen atoms in total. The Hall–Kier alpha value is -0.790. The molecule has 0 rings (SSSR count). The average molecular weight is 267 g/mol. The zero-order valence-electron chi connectivity index (χ0n) is 8.75. The van der Waals surface area contributed by atoms with E-state index < -0.39 is 36.6 Å². The summed E-state index contributed by atoms with van der Waals surface area (Å²) < 4.78 is 91.0. The van der Waals surface area contributed by atoms with Gasteiger partial charge in [-0.25, -0.2) is 0 Å². The maximum Gasteiger partial charge on any atom is 0.460 e. The Morgan fingerprint density at radius 3 is 1.88 bits per heavy atom. The van der Waals surface area contributed by atoms with Gasteiger partial charge >= 0.3 is 18.0 Å². The Morgan fingerprint density at radius 1 is 1.12 bits per heavy atom. The number of hydrogen-bond donors (Lipinski definition) is 0. The van der Waals surface area contributed by atoms with Gasteiger partial charge in [-0.3, -0.25) is 0 Å². The Labute approximate surface area is 93.2 Å². The van der Waals surface area contributed by atoms with E-state index in [1.165, 1.54) is 0 Å². The molecule has 0 fully saturated rings. The molecule has 8 heteroatoms. The third kappa shape index (κ3) is 3.11. The van der Waals surface area contributed by atoms with Gasteiger partial charge in [-0.1, -0.05) is 13.0 Å². The smallest absolute Gasteiger partial charge is 0.375 e. The van der Waals surface area contributed by atoms with Crippen molar-refractivity contribution in [1.29, 1.82) is 0 Å². The normalized spacial score (nSPS) is 15.2. The lowest BCUT2D eigenvalue weighted by Crippen LogP contribution is -2.52. The molecular weight excluding hydrogens is 257 g/mol. The molecule has 1 radical (unpaired) electrons. The fraction of sp³-hybridized carbons (Fsp3) is 0.667. The topological polar surface area (TPSA) is 9.23 Å². The lowest BCUT2D eigenvalue weighted by atomic mass is 9.99. The van der Waals surface area contributed by atoms with Crippen LogP contribution in [0.5, 0.6) is 0 Å². The first-order valence-electron chi connectivity index (χ1n) is 4.41. The largest absolute Gasteiger partial charge is 0.460 e. The number of ether oxygens (including phenoxy) is 1. The van der Waals surface area contributed by atoms with Gasteiger partial charge in [0, 0.05) is 5.57 Å². The van der Waals surface area contributed by atoms with E-state index in [-0.39, 0.29) is 0 Å². The van der Waals surface area contributed by atoms with E-state index in [4.69, 9.17) is 0 Å². The summed E-state index contributed by atoms with van der Waals surface area (Å²) in [6, 6.07) is 0. The van der Waals surface area contributed by atoms with Crippen molar-refractivity contribution < 1.29 is 35.5 Å². The lowest BCUT2D eigenvalue weighted by Gasteiger charge is -2.29. The number of allylic oxidation sites excluding steroid dienone is 1. The maximum atomic E-state index is 13.1. The fourth-order valence-corrected chi connectivity index (χ4v) is 1.03. The Kier molecular flexibility index (Phi) is 5.00. The monoisotopic (exact) mass is 267 g/mol. The second kappa shape index (κ2) is 5.24. The standard InChI is InChI=1S/C9H10F7O/c1-3-6(4-5-17-2)7(10,11)8(12,13)9(14,15)16/h4H,2-3,5H2,1H3. The van der Waals surface area contributed by atoms with Gasteiger partial charge in [0.05, 0.1) is 13.7 Å². The molecule has 0 heterocycles. The van der Waals surface area contributed by atoms with Crippen molar-refractivity contribution in [3.05, 3.63) is 18.8 Å². The van der Waals surface area contributed by atoms with Crippen LogP contribution in [0.1, 0.15) is 13.3 Å². The predicted molar refractivity (Wildman–Crippen MR) is 45.6 cm³/mol. The SMILES string of the molecule is [CH2]OCC=C(CC)C(F)(F)C(F)(F)C(F)(F)F. The highest BCUT2D eigenvalue weighted by atomic mass is 19.4. The van der Waals surface area contributed by atoms with Gasteiger partial charge in [-0.15, -0.1) is 0 Å². The van der Waals surface area contributed by atoms with Crippen LogP contribution in [-0.2, 0) is 4.74 Å². The molecule has 0 unspecified atom stereocenters. The highest BCUT2D eigenvalue weighted by molar-refractivity contribution is 5.19. The van der Waals surface area contributed by atoms with Crippen LogP contribution >= 0.6 is 0 Å². The Morgan fingerprint density at radius 2 is 1.59 bits per heavy atom. The van der Waals surface area contributed by atoms with Crippen molar-refractivity contribution in [3.63, 3.8) is 0 Å². The van der Waals surface area contributed by atoms with Gasteiger partial charge < -0.3 is 4.74 Å². The fourth-order valence-electron chi connectivity index (χ4n) is 1.03. The highest BCUT2D eigenvalue weighted by Gasteiger charge is 2.73. The summed E-state index contributed by atoms with van der Waals surface area (Å²) in [4.78, 5) is 0. The minimum Gasteiger partial charge on any atom is -0.375 e. The van der Waals surface area contributed by atoms with E-state index in [2.05, 4.69) is 11.8 Å². The predicted octanol–water partition coefficient (Wildman–Crippen LogP) is 3.96. The molecule has 0 aliphatic heterocycles. The van der Waals surface area contributed by atoms with E-state index in [0.717, 1.165) is 6.92 Å². The van der Waals surface area contributed by atoms with Gasteiger partial charge in [0.1, 0.15) is 0 Å². The number of hydrogen-bond acceptors (Lipinski definition) is 1. The molecule has 17 heavy (non-hydrogen) atoms. The molecule has 0 aliphatic rings. The molecule has 0 aliphatic carbocycles. The molecule has 0 spiro atoms. The Balaban J connectivity index is 5.36. The van der Waals surface area contributed by atoms with Crippen LogP contribution < -0.4 is 0 Å². The van der Waals surface area contributed by atoms with Crippen LogP contribution in [0.25, 0.3) is 0 Å². The van der Waals surface area contributed by atoms with Crippen molar-refractivity contribution in [2.24, 2.45) is 0 Å². The minimum atomic E-state index is -6.32. The highest BCUT2D eigenvalue weighted by Crippen LogP contribution is 2.50. The van der Waals surface area contributed by atoms with Crippen LogP contribution in [0.2, 0.25) is 0 Å². The number of alkyl halides is 7. The zero-order chi connectivity index (χ0) is 13.9. The van der Waals surface area contributed by atoms with E-state index in [9.17, 15) is 30.7 Å². The summed E-state index contributed by atoms with van der Waals surface area (Å²) in [5.74, 6) is -11.4. The quantitative estimate of drug-likeness (QED) is 0.541. The van der Waals surface area contributed by atoms with Crippen LogP contribution in [0.3, 0.4) is 0 Å². The van der Waals surface area contributed by atoms with Gasteiger partial charge in [0.15, 0.2) is 0 Å². The van der Waals surface area contributed by atoms with Crippen LogP contribution in [0.4, 0.5) is 30.7 Å². The first-order chi connectivity index (χ1) is 7.52. The van der Waals surface area contributed by atoms with Crippen molar-refractivity contribution in [3.8, 4) is 0 Å². The first-order valence-corrected chi connectivity index (χ1v) is 4.41. The molecule has 0 aromatic heterocycles. The van der Waals surface area contributed by atoms with Gasteiger partial charge in [0.2, 0.25) is 0 Å². The van der Waals surface area contributed by atoms with Crippen molar-refractivity contribution in [2.45, 2.75) is 31.4 Å². The van der Waals surface area contributed by atoms with Gasteiger partial charge in [0.25, 0.3) is 0 Å². The van der Waals surface area contributed by atoms with E-state index in [1.807, 2.05) is 0 Å². The van der Waals surface area contributed by atoms with Gasteiger partial charge in [-0.2, -0.15) is 30.7 Å². The third-order valence-electron chi connectivity index (χ3n) is 1.98. The van der Waals surface area contributed by atoms with Crippen LogP contribution in [0, 0.1) is 7.11 Å². The first kappa shape index (κ1) is 16.2. The molecule has 0 aromatic rings. The molecule has 101 valence electrons. The molecular formula is C9H10F7O. The summed E-state index contributed by atoms with van der Waals surface area (Å²) in [5.41, 5.74) is -1.34. The van der Waals surface area contributed by atoms with Crippen LogP contribution in [0.15, 0.2) is 11.6 Å². The Bertz CT molecular complexity index is 280. The van der Waals surface area contributed by atoms with Crippen molar-refractivity contribution >= 4 is 0 Å². The van der Waals surface area contributed by atoms with E-state index in [0.29, 0.717) is 6.08 Å². The summed E-state index contributed by atoms with van der Waals surface area (Å²) in [6.45, 7) is 0.460. The lowest BCUT2D eigenvalue weighted by molar-refractivity contribution is -0.344. The molecule has 0 saturated carbocycles. The molecule has 0 atom stereocenters. The average Bonchev–Trinajstić information content (AvgIpc) is 2.16. The molecule has 0 saturated heterocycles. The minimum absolute atomic E-state index is 0.465. The van der Waals surface area contributed by atoms with E-state index >= 15 is 0 Å². The number of rotatable bonds is 5. The molecule has 0 amide bonds.